The molecule has 1 aromatic carbocycles. The molecule has 22 heavy (non-hydrogen) atoms. The van der Waals surface area contributed by atoms with Crippen LogP contribution in [0.3, 0.4) is 0 Å². The van der Waals surface area contributed by atoms with E-state index in [0.717, 1.165) is 37.2 Å². The fraction of sp³-hybridized carbons (Fsp3) is 0.412. The minimum absolute atomic E-state index is 0.551. The smallest absolute Gasteiger partial charge is 0.325 e. The van der Waals surface area contributed by atoms with Gasteiger partial charge < -0.3 is 5.11 Å². The SMILES string of the molecule is O=C(O)C(c1ccc(-n2cccn2)cc1)N1CCCCCC1. The van der Waals surface area contributed by atoms with Gasteiger partial charge in [0.15, 0.2) is 0 Å². The van der Waals surface area contributed by atoms with Crippen LogP contribution in [0, 0.1) is 0 Å². The zero-order valence-corrected chi connectivity index (χ0v) is 12.6. The standard InChI is InChI=1S/C17H21N3O2/c21-17(22)16(19-11-3-1-2-4-12-19)14-6-8-15(9-7-14)20-13-5-10-18-20/h5-10,13,16H,1-4,11-12H2,(H,21,22). The summed E-state index contributed by atoms with van der Waals surface area (Å²) in [5, 5.41) is 13.9. The van der Waals surface area contributed by atoms with E-state index >= 15 is 0 Å². The van der Waals surface area contributed by atoms with Crippen molar-refractivity contribution in [3.8, 4) is 5.69 Å². The van der Waals surface area contributed by atoms with Crippen molar-refractivity contribution in [1.29, 1.82) is 0 Å². The number of aromatic nitrogens is 2. The van der Waals surface area contributed by atoms with Crippen molar-refractivity contribution in [3.05, 3.63) is 48.3 Å². The number of aliphatic carboxylic acids is 1. The number of hydrogen-bond donors (Lipinski definition) is 1. The Morgan fingerprint density at radius 2 is 1.77 bits per heavy atom. The molecule has 5 nitrogen and oxygen atoms in total. The average molecular weight is 299 g/mol. The van der Waals surface area contributed by atoms with Gasteiger partial charge in [0, 0.05) is 12.4 Å². The first-order valence-corrected chi connectivity index (χ1v) is 7.82. The lowest BCUT2D eigenvalue weighted by atomic mass is 10.0. The number of rotatable bonds is 4. The predicted octanol–water partition coefficient (Wildman–Crippen LogP) is 2.87. The molecular formula is C17H21N3O2. The Balaban J connectivity index is 1.83. The Labute approximate surface area is 130 Å². The lowest BCUT2D eigenvalue weighted by molar-refractivity contribution is -0.143. The summed E-state index contributed by atoms with van der Waals surface area (Å²) in [6, 6.07) is 8.98. The molecule has 1 N–H and O–H groups in total. The fourth-order valence-electron chi connectivity index (χ4n) is 3.09. The summed E-state index contributed by atoms with van der Waals surface area (Å²) in [4.78, 5) is 13.9. The van der Waals surface area contributed by atoms with E-state index in [9.17, 15) is 9.90 Å². The molecule has 5 heteroatoms. The van der Waals surface area contributed by atoms with Crippen LogP contribution in [0.4, 0.5) is 0 Å². The molecule has 0 radical (unpaired) electrons. The van der Waals surface area contributed by atoms with E-state index in [1.165, 1.54) is 12.8 Å². The van der Waals surface area contributed by atoms with Gasteiger partial charge in [-0.05, 0) is 49.7 Å². The summed E-state index contributed by atoms with van der Waals surface area (Å²) in [5.74, 6) is -0.770. The molecule has 116 valence electrons. The van der Waals surface area contributed by atoms with E-state index in [1.807, 2.05) is 36.5 Å². The Morgan fingerprint density at radius 3 is 2.32 bits per heavy atom. The van der Waals surface area contributed by atoms with Crippen molar-refractivity contribution in [2.24, 2.45) is 0 Å². The Hall–Kier alpha value is -2.14. The van der Waals surface area contributed by atoms with E-state index in [2.05, 4.69) is 10.00 Å². The molecular weight excluding hydrogens is 278 g/mol. The van der Waals surface area contributed by atoms with Crippen LogP contribution in [0.25, 0.3) is 5.69 Å². The quantitative estimate of drug-likeness (QED) is 0.943. The van der Waals surface area contributed by atoms with Crippen molar-refractivity contribution >= 4 is 5.97 Å². The number of benzene rings is 1. The van der Waals surface area contributed by atoms with Crippen molar-refractivity contribution in [2.75, 3.05) is 13.1 Å². The molecule has 0 amide bonds. The lowest BCUT2D eigenvalue weighted by Crippen LogP contribution is -2.34. The van der Waals surface area contributed by atoms with Crippen molar-refractivity contribution in [3.63, 3.8) is 0 Å². The number of carboxylic acids is 1. The molecule has 2 aromatic rings. The third-order valence-electron chi connectivity index (χ3n) is 4.22. The van der Waals surface area contributed by atoms with Crippen LogP contribution in [-0.2, 0) is 4.79 Å². The van der Waals surface area contributed by atoms with Gasteiger partial charge in [-0.25, -0.2) is 4.68 Å². The van der Waals surface area contributed by atoms with Gasteiger partial charge in [0.2, 0.25) is 0 Å². The molecule has 1 unspecified atom stereocenters. The molecule has 0 bridgehead atoms. The second kappa shape index (κ2) is 6.75. The summed E-state index contributed by atoms with van der Waals surface area (Å²) in [7, 11) is 0. The maximum atomic E-state index is 11.8. The molecule has 0 spiro atoms. The molecule has 1 atom stereocenters. The van der Waals surface area contributed by atoms with E-state index in [0.29, 0.717) is 0 Å². The highest BCUT2D eigenvalue weighted by Crippen LogP contribution is 2.25. The Morgan fingerprint density at radius 1 is 1.09 bits per heavy atom. The first-order chi connectivity index (χ1) is 10.8. The van der Waals surface area contributed by atoms with Crippen LogP contribution in [0.2, 0.25) is 0 Å². The van der Waals surface area contributed by atoms with Crippen molar-refractivity contribution in [1.82, 2.24) is 14.7 Å². The fourth-order valence-corrected chi connectivity index (χ4v) is 3.09. The first kappa shape index (κ1) is 14.8. The molecule has 0 saturated carbocycles. The average Bonchev–Trinajstić information content (AvgIpc) is 2.93. The van der Waals surface area contributed by atoms with Gasteiger partial charge in [-0.1, -0.05) is 25.0 Å². The zero-order chi connectivity index (χ0) is 15.4. The molecule has 1 fully saturated rings. The van der Waals surface area contributed by atoms with Gasteiger partial charge in [0.1, 0.15) is 6.04 Å². The highest BCUT2D eigenvalue weighted by molar-refractivity contribution is 5.75. The normalized spacial score (nSPS) is 17.8. The minimum Gasteiger partial charge on any atom is -0.480 e. The van der Waals surface area contributed by atoms with Crippen LogP contribution in [-0.4, -0.2) is 38.8 Å². The number of likely N-dealkylation sites (tertiary alicyclic amines) is 1. The number of carboxylic acid groups (broad SMARTS) is 1. The van der Waals surface area contributed by atoms with Crippen molar-refractivity contribution in [2.45, 2.75) is 31.7 Å². The number of carbonyl (C=O) groups is 1. The second-order valence-electron chi connectivity index (χ2n) is 5.73. The third kappa shape index (κ3) is 3.20. The maximum Gasteiger partial charge on any atom is 0.325 e. The molecule has 1 aliphatic rings. The van der Waals surface area contributed by atoms with Gasteiger partial charge in [-0.3, -0.25) is 9.69 Å². The first-order valence-electron chi connectivity index (χ1n) is 7.82. The maximum absolute atomic E-state index is 11.8. The highest BCUT2D eigenvalue weighted by Gasteiger charge is 2.27. The highest BCUT2D eigenvalue weighted by atomic mass is 16.4. The summed E-state index contributed by atoms with van der Waals surface area (Å²) in [6.07, 6.45) is 8.15. The van der Waals surface area contributed by atoms with Crippen molar-refractivity contribution < 1.29 is 9.90 Å². The van der Waals surface area contributed by atoms with Crippen LogP contribution in [0.1, 0.15) is 37.3 Å². The van der Waals surface area contributed by atoms with Crippen LogP contribution >= 0.6 is 0 Å². The molecule has 2 heterocycles. The lowest BCUT2D eigenvalue weighted by Gasteiger charge is -2.27. The monoisotopic (exact) mass is 299 g/mol. The summed E-state index contributed by atoms with van der Waals surface area (Å²) < 4.78 is 1.77. The predicted molar refractivity (Wildman–Crippen MR) is 84.0 cm³/mol. The molecule has 3 rings (SSSR count). The Bertz CT molecular complexity index is 599. The Kier molecular flexibility index (Phi) is 4.53. The number of hydrogen-bond acceptors (Lipinski definition) is 3. The molecule has 0 aliphatic carbocycles. The van der Waals surface area contributed by atoms with Crippen LogP contribution in [0.5, 0.6) is 0 Å². The summed E-state index contributed by atoms with van der Waals surface area (Å²) in [5.41, 5.74) is 1.78. The second-order valence-corrected chi connectivity index (χ2v) is 5.73. The van der Waals surface area contributed by atoms with E-state index in [1.54, 1.807) is 10.9 Å². The van der Waals surface area contributed by atoms with E-state index in [-0.39, 0.29) is 0 Å². The summed E-state index contributed by atoms with van der Waals surface area (Å²) >= 11 is 0. The molecule has 1 saturated heterocycles. The minimum atomic E-state index is -0.770. The van der Waals surface area contributed by atoms with Crippen LogP contribution < -0.4 is 0 Å². The number of nitrogens with zero attached hydrogens (tertiary/aromatic N) is 3. The largest absolute Gasteiger partial charge is 0.480 e. The van der Waals surface area contributed by atoms with Crippen LogP contribution in [0.15, 0.2) is 42.7 Å². The zero-order valence-electron chi connectivity index (χ0n) is 12.6. The molecule has 1 aromatic heterocycles. The van der Waals surface area contributed by atoms with Gasteiger partial charge in [0.05, 0.1) is 5.69 Å². The van der Waals surface area contributed by atoms with E-state index in [4.69, 9.17) is 0 Å². The van der Waals surface area contributed by atoms with Gasteiger partial charge in [-0.15, -0.1) is 0 Å². The van der Waals surface area contributed by atoms with Gasteiger partial charge in [0.25, 0.3) is 0 Å². The topological polar surface area (TPSA) is 58.4 Å². The van der Waals surface area contributed by atoms with Gasteiger partial charge >= 0.3 is 5.97 Å². The molecule has 1 aliphatic heterocycles. The summed E-state index contributed by atoms with van der Waals surface area (Å²) in [6.45, 7) is 1.72. The third-order valence-corrected chi connectivity index (χ3v) is 4.22. The van der Waals surface area contributed by atoms with E-state index < -0.39 is 12.0 Å². The van der Waals surface area contributed by atoms with Gasteiger partial charge in [-0.2, -0.15) is 5.10 Å².